The number of ether oxygens (including phenoxy) is 1. The summed E-state index contributed by atoms with van der Waals surface area (Å²) >= 11 is 0. The lowest BCUT2D eigenvalue weighted by Crippen LogP contribution is -2.53. The van der Waals surface area contributed by atoms with Crippen LogP contribution in [0.25, 0.3) is 0 Å². The summed E-state index contributed by atoms with van der Waals surface area (Å²) in [6.45, 7) is 8.20. The molecule has 2 aliphatic heterocycles. The van der Waals surface area contributed by atoms with Crippen LogP contribution in [-0.4, -0.2) is 77.6 Å². The molecule has 1 N–H and O–H groups in total. The summed E-state index contributed by atoms with van der Waals surface area (Å²) in [6, 6.07) is 6.98. The number of hydrogen-bond donors (Lipinski definition) is 1. The van der Waals surface area contributed by atoms with Crippen molar-refractivity contribution in [1.82, 2.24) is 25.0 Å². The van der Waals surface area contributed by atoms with Gasteiger partial charge >= 0.3 is 0 Å². The van der Waals surface area contributed by atoms with Gasteiger partial charge in [-0.05, 0) is 25.0 Å². The van der Waals surface area contributed by atoms with Crippen LogP contribution in [0.1, 0.15) is 25.6 Å². The molecule has 168 valence electrons. The third kappa shape index (κ3) is 5.52. The fourth-order valence-electron chi connectivity index (χ4n) is 4.14. The van der Waals surface area contributed by atoms with Gasteiger partial charge in [-0.15, -0.1) is 10.2 Å². The zero-order valence-corrected chi connectivity index (χ0v) is 18.2. The van der Waals surface area contributed by atoms with E-state index < -0.39 is 0 Å². The van der Waals surface area contributed by atoms with Crippen molar-refractivity contribution in [2.24, 2.45) is 4.99 Å². The van der Waals surface area contributed by atoms with Crippen molar-refractivity contribution in [3.05, 3.63) is 42.2 Å². The Morgan fingerprint density at radius 2 is 2.10 bits per heavy atom. The van der Waals surface area contributed by atoms with Crippen LogP contribution in [0.4, 0.5) is 10.1 Å². The molecule has 2 saturated heterocycles. The van der Waals surface area contributed by atoms with E-state index >= 15 is 0 Å². The molecule has 1 unspecified atom stereocenters. The minimum absolute atomic E-state index is 0.165. The van der Waals surface area contributed by atoms with Gasteiger partial charge in [0, 0.05) is 52.3 Å². The van der Waals surface area contributed by atoms with E-state index in [1.807, 2.05) is 12.1 Å². The highest BCUT2D eigenvalue weighted by Gasteiger charge is 2.22. The molecule has 2 fully saturated rings. The Bertz CT molecular complexity index is 857. The zero-order chi connectivity index (χ0) is 21.5. The molecule has 0 amide bonds. The summed E-state index contributed by atoms with van der Waals surface area (Å²) in [6.07, 6.45) is 5.02. The molecule has 2 aliphatic rings. The summed E-state index contributed by atoms with van der Waals surface area (Å²) in [7, 11) is 0. The third-order valence-corrected chi connectivity index (χ3v) is 5.89. The number of aromatic nitrogens is 3. The van der Waals surface area contributed by atoms with Crippen molar-refractivity contribution in [1.29, 1.82) is 0 Å². The number of rotatable bonds is 7. The van der Waals surface area contributed by atoms with Crippen molar-refractivity contribution in [3.8, 4) is 0 Å². The minimum atomic E-state index is -0.165. The summed E-state index contributed by atoms with van der Waals surface area (Å²) < 4.78 is 22.0. The topological polar surface area (TPSA) is 70.8 Å². The highest BCUT2D eigenvalue weighted by molar-refractivity contribution is 5.80. The second kappa shape index (κ2) is 10.6. The number of guanidine groups is 1. The van der Waals surface area contributed by atoms with Crippen molar-refractivity contribution >= 4 is 11.6 Å². The molecule has 1 atom stereocenters. The van der Waals surface area contributed by atoms with Gasteiger partial charge in [-0.2, -0.15) is 0 Å². The molecule has 9 heteroatoms. The Labute approximate surface area is 183 Å². The Morgan fingerprint density at radius 1 is 1.26 bits per heavy atom. The second-order valence-electron chi connectivity index (χ2n) is 7.95. The molecule has 1 aromatic carbocycles. The van der Waals surface area contributed by atoms with E-state index in [4.69, 9.17) is 9.73 Å². The van der Waals surface area contributed by atoms with Crippen LogP contribution in [0.5, 0.6) is 0 Å². The number of nitrogens with zero attached hydrogens (tertiary/aromatic N) is 6. The lowest BCUT2D eigenvalue weighted by atomic mass is 10.2. The second-order valence-corrected chi connectivity index (χ2v) is 7.95. The normalized spacial score (nSPS) is 19.8. The van der Waals surface area contributed by atoms with Gasteiger partial charge in [0.15, 0.2) is 5.96 Å². The van der Waals surface area contributed by atoms with Crippen molar-refractivity contribution in [3.63, 3.8) is 0 Å². The van der Waals surface area contributed by atoms with Gasteiger partial charge in [0.05, 0.1) is 18.3 Å². The van der Waals surface area contributed by atoms with Crippen LogP contribution < -0.4 is 10.2 Å². The zero-order valence-electron chi connectivity index (χ0n) is 18.2. The first-order chi connectivity index (χ1) is 15.2. The maximum absolute atomic E-state index is 14.2. The molecule has 0 saturated carbocycles. The molecular formula is C22H32FN7O. The predicted molar refractivity (Wildman–Crippen MR) is 119 cm³/mol. The van der Waals surface area contributed by atoms with Crippen LogP contribution in [0.2, 0.25) is 0 Å². The first-order valence-electron chi connectivity index (χ1n) is 11.3. The number of piperazine rings is 1. The molecular weight excluding hydrogens is 397 g/mol. The van der Waals surface area contributed by atoms with E-state index in [9.17, 15) is 4.39 Å². The Hall–Kier alpha value is -2.68. The average molecular weight is 430 g/mol. The lowest BCUT2D eigenvalue weighted by molar-refractivity contribution is 0.117. The van der Waals surface area contributed by atoms with Crippen LogP contribution in [0, 0.1) is 5.82 Å². The molecule has 8 nitrogen and oxygen atoms in total. The highest BCUT2D eigenvalue weighted by atomic mass is 19.1. The van der Waals surface area contributed by atoms with Gasteiger partial charge in [0.25, 0.3) is 0 Å². The average Bonchev–Trinajstić information content (AvgIpc) is 3.48. The van der Waals surface area contributed by atoms with E-state index in [0.717, 1.165) is 76.9 Å². The highest BCUT2D eigenvalue weighted by Crippen LogP contribution is 2.20. The van der Waals surface area contributed by atoms with Gasteiger partial charge in [0.2, 0.25) is 0 Å². The van der Waals surface area contributed by atoms with Crippen LogP contribution in [0.15, 0.2) is 35.6 Å². The van der Waals surface area contributed by atoms with Crippen LogP contribution in [0.3, 0.4) is 0 Å². The van der Waals surface area contributed by atoms with Gasteiger partial charge in [0.1, 0.15) is 18.0 Å². The third-order valence-electron chi connectivity index (χ3n) is 5.89. The van der Waals surface area contributed by atoms with E-state index in [-0.39, 0.29) is 11.9 Å². The fourth-order valence-corrected chi connectivity index (χ4v) is 4.14. The minimum Gasteiger partial charge on any atom is -0.376 e. The van der Waals surface area contributed by atoms with Crippen molar-refractivity contribution in [2.75, 3.05) is 50.8 Å². The first-order valence-corrected chi connectivity index (χ1v) is 11.3. The molecule has 0 bridgehead atoms. The number of aryl methyl sites for hydroxylation is 1. The number of para-hydroxylation sites is 1. The number of anilines is 1. The van der Waals surface area contributed by atoms with Gasteiger partial charge in [-0.1, -0.05) is 19.1 Å². The summed E-state index contributed by atoms with van der Waals surface area (Å²) in [5.74, 6) is 1.72. The lowest BCUT2D eigenvalue weighted by Gasteiger charge is -2.38. The first kappa shape index (κ1) is 21.5. The Morgan fingerprint density at radius 3 is 2.84 bits per heavy atom. The molecule has 0 radical (unpaired) electrons. The van der Waals surface area contributed by atoms with Gasteiger partial charge in [-0.25, -0.2) is 4.39 Å². The van der Waals surface area contributed by atoms with E-state index in [1.165, 1.54) is 6.07 Å². The molecule has 0 aliphatic carbocycles. The maximum Gasteiger partial charge on any atom is 0.194 e. The fraction of sp³-hybridized carbons (Fsp3) is 0.591. The SMILES string of the molecule is CCc1nncn1CCNC(=NCC1CCCO1)N1CCN(c2ccccc2F)CC1. The van der Waals surface area contributed by atoms with E-state index in [0.29, 0.717) is 12.2 Å². The Balaban J connectivity index is 1.37. The standard InChI is InChI=1S/C22H32FN7O/c1-2-21-27-26-17-30(21)10-9-24-22(25-16-18-6-5-15-31-18)29-13-11-28(12-14-29)20-8-4-3-7-19(20)23/h3-4,7-8,17-18H,2,5-6,9-16H2,1H3,(H,24,25). The number of aliphatic imine (C=N–C) groups is 1. The number of nitrogens with one attached hydrogen (secondary N) is 1. The number of benzene rings is 1. The largest absolute Gasteiger partial charge is 0.376 e. The number of hydrogen-bond acceptors (Lipinski definition) is 5. The van der Waals surface area contributed by atoms with E-state index in [1.54, 1.807) is 12.4 Å². The summed E-state index contributed by atoms with van der Waals surface area (Å²) in [4.78, 5) is 9.25. The van der Waals surface area contributed by atoms with Crippen molar-refractivity contribution < 1.29 is 9.13 Å². The monoisotopic (exact) mass is 429 g/mol. The maximum atomic E-state index is 14.2. The summed E-state index contributed by atoms with van der Waals surface area (Å²) in [5, 5.41) is 11.7. The predicted octanol–water partition coefficient (Wildman–Crippen LogP) is 1.93. The van der Waals surface area contributed by atoms with Crippen molar-refractivity contribution in [2.45, 2.75) is 38.8 Å². The molecule has 4 rings (SSSR count). The molecule has 1 aromatic heterocycles. The van der Waals surface area contributed by atoms with Crippen LogP contribution in [-0.2, 0) is 17.7 Å². The molecule has 3 heterocycles. The van der Waals surface area contributed by atoms with Crippen LogP contribution >= 0.6 is 0 Å². The molecule has 2 aromatic rings. The summed E-state index contributed by atoms with van der Waals surface area (Å²) in [5.41, 5.74) is 0.674. The smallest absolute Gasteiger partial charge is 0.194 e. The van der Waals surface area contributed by atoms with E-state index in [2.05, 4.69) is 36.8 Å². The quantitative estimate of drug-likeness (QED) is 0.536. The number of halogens is 1. The van der Waals surface area contributed by atoms with Gasteiger partial charge in [-0.3, -0.25) is 4.99 Å². The molecule has 31 heavy (non-hydrogen) atoms. The van der Waals surface area contributed by atoms with Gasteiger partial charge < -0.3 is 24.4 Å². The molecule has 0 spiro atoms. The Kier molecular flexibility index (Phi) is 7.35.